The summed E-state index contributed by atoms with van der Waals surface area (Å²) in [6, 6.07) is 4.92. The zero-order valence-electron chi connectivity index (χ0n) is 9.89. The number of rotatable bonds is 2. The Morgan fingerprint density at radius 1 is 1.44 bits per heavy atom. The maximum Gasteiger partial charge on any atom is 0.0771 e. The fourth-order valence-electron chi connectivity index (χ4n) is 2.62. The average Bonchev–Trinajstić information content (AvgIpc) is 2.91. The van der Waals surface area contributed by atoms with E-state index in [9.17, 15) is 0 Å². The monoisotopic (exact) mass is 218 g/mol. The first kappa shape index (κ1) is 10.1. The van der Waals surface area contributed by atoms with Crippen LogP contribution in [0.15, 0.2) is 18.3 Å². The van der Waals surface area contributed by atoms with Crippen LogP contribution in [0.3, 0.4) is 0 Å². The Hall–Kier alpha value is -1.09. The highest BCUT2D eigenvalue weighted by Gasteiger charge is 2.38. The van der Waals surface area contributed by atoms with Gasteiger partial charge in [0.15, 0.2) is 0 Å². The second kappa shape index (κ2) is 3.74. The largest absolute Gasteiger partial charge is 0.374 e. The number of nitrogens with zero attached hydrogens (tertiary/aromatic N) is 2. The Morgan fingerprint density at radius 2 is 2.31 bits per heavy atom. The lowest BCUT2D eigenvalue weighted by Gasteiger charge is -2.28. The number of fused-ring (bicyclic) bond motifs is 2. The van der Waals surface area contributed by atoms with Gasteiger partial charge in [0.05, 0.1) is 30.6 Å². The molecule has 0 saturated carbocycles. The lowest BCUT2D eigenvalue weighted by Crippen LogP contribution is -2.36. The molecule has 3 nitrogen and oxygen atoms in total. The van der Waals surface area contributed by atoms with Gasteiger partial charge in [-0.2, -0.15) is 0 Å². The van der Waals surface area contributed by atoms with Crippen molar-refractivity contribution in [2.75, 3.05) is 18.1 Å². The quantitative estimate of drug-likeness (QED) is 0.760. The van der Waals surface area contributed by atoms with Gasteiger partial charge in [0.25, 0.3) is 0 Å². The maximum atomic E-state index is 5.60. The number of hydrogen-bond acceptors (Lipinski definition) is 3. The molecular formula is C13H18N2O. The molecule has 0 aromatic carbocycles. The molecule has 3 rings (SSSR count). The predicted octanol–water partition coefficient (Wildman–Crippen LogP) is 2.18. The van der Waals surface area contributed by atoms with Gasteiger partial charge in [-0.3, -0.25) is 4.98 Å². The number of pyridine rings is 1. The number of hydrogen-bond donors (Lipinski definition) is 0. The van der Waals surface area contributed by atoms with Crippen molar-refractivity contribution in [2.45, 2.75) is 38.3 Å². The lowest BCUT2D eigenvalue weighted by atomic mass is 10.1. The van der Waals surface area contributed by atoms with Crippen molar-refractivity contribution in [3.63, 3.8) is 0 Å². The molecule has 2 aliphatic rings. The van der Waals surface area contributed by atoms with Crippen LogP contribution in [0.2, 0.25) is 0 Å². The minimum Gasteiger partial charge on any atom is -0.374 e. The molecule has 0 N–H and O–H groups in total. The normalized spacial score (nSPS) is 28.1. The summed E-state index contributed by atoms with van der Waals surface area (Å²) in [7, 11) is 0. The summed E-state index contributed by atoms with van der Waals surface area (Å²) >= 11 is 0. The van der Waals surface area contributed by atoms with Gasteiger partial charge in [0, 0.05) is 12.2 Å². The smallest absolute Gasteiger partial charge is 0.0771 e. The van der Waals surface area contributed by atoms with Gasteiger partial charge in [-0.1, -0.05) is 13.8 Å². The Morgan fingerprint density at radius 3 is 2.81 bits per heavy atom. The maximum absolute atomic E-state index is 5.60. The first-order chi connectivity index (χ1) is 7.74. The molecule has 2 unspecified atom stereocenters. The van der Waals surface area contributed by atoms with Crippen LogP contribution in [0.1, 0.15) is 31.9 Å². The molecule has 0 aliphatic carbocycles. The van der Waals surface area contributed by atoms with Crippen molar-refractivity contribution in [3.05, 3.63) is 24.0 Å². The molecule has 3 heterocycles. The molecule has 16 heavy (non-hydrogen) atoms. The molecule has 2 aliphatic heterocycles. The van der Waals surface area contributed by atoms with E-state index in [1.165, 1.54) is 17.8 Å². The Labute approximate surface area is 96.4 Å². The van der Waals surface area contributed by atoms with E-state index >= 15 is 0 Å². The average molecular weight is 218 g/mol. The van der Waals surface area contributed by atoms with Gasteiger partial charge >= 0.3 is 0 Å². The van der Waals surface area contributed by atoms with Crippen LogP contribution in [0.5, 0.6) is 0 Å². The van der Waals surface area contributed by atoms with E-state index < -0.39 is 0 Å². The summed E-state index contributed by atoms with van der Waals surface area (Å²) in [5.74, 6) is 0.507. The van der Waals surface area contributed by atoms with Crippen LogP contribution < -0.4 is 4.90 Å². The number of ether oxygens (including phenoxy) is 1. The van der Waals surface area contributed by atoms with E-state index in [4.69, 9.17) is 4.74 Å². The van der Waals surface area contributed by atoms with Crippen molar-refractivity contribution in [3.8, 4) is 0 Å². The second-order valence-electron chi connectivity index (χ2n) is 5.09. The highest BCUT2D eigenvalue weighted by atomic mass is 16.5. The molecule has 2 fully saturated rings. The van der Waals surface area contributed by atoms with Gasteiger partial charge in [-0.15, -0.1) is 0 Å². The van der Waals surface area contributed by atoms with Crippen LogP contribution in [-0.2, 0) is 4.74 Å². The molecule has 0 radical (unpaired) electrons. The summed E-state index contributed by atoms with van der Waals surface area (Å²) < 4.78 is 5.60. The van der Waals surface area contributed by atoms with E-state index in [0.29, 0.717) is 18.1 Å². The van der Waals surface area contributed by atoms with E-state index in [1.54, 1.807) is 0 Å². The summed E-state index contributed by atoms with van der Waals surface area (Å²) in [5.41, 5.74) is 2.42. The van der Waals surface area contributed by atoms with Crippen LogP contribution >= 0.6 is 0 Å². The van der Waals surface area contributed by atoms with Gasteiger partial charge in [-0.05, 0) is 24.5 Å². The van der Waals surface area contributed by atoms with Crippen molar-refractivity contribution < 1.29 is 4.74 Å². The molecule has 0 amide bonds. The molecule has 1 aromatic rings. The number of anilines is 1. The SMILES string of the molecule is CC(C)c1ccc(N2CC3CC2CO3)cn1. The van der Waals surface area contributed by atoms with Crippen LogP contribution in [0, 0.1) is 0 Å². The first-order valence-corrected chi connectivity index (χ1v) is 6.08. The molecule has 1 aromatic heterocycles. The molecular weight excluding hydrogens is 200 g/mol. The summed E-state index contributed by atoms with van der Waals surface area (Å²) in [5, 5.41) is 0. The molecule has 86 valence electrons. The first-order valence-electron chi connectivity index (χ1n) is 6.08. The van der Waals surface area contributed by atoms with Gasteiger partial charge in [0.2, 0.25) is 0 Å². The van der Waals surface area contributed by atoms with E-state index in [1.807, 2.05) is 6.20 Å². The Balaban J connectivity index is 1.80. The summed E-state index contributed by atoms with van der Waals surface area (Å²) in [6.07, 6.45) is 3.65. The topological polar surface area (TPSA) is 25.4 Å². The lowest BCUT2D eigenvalue weighted by molar-refractivity contribution is 0.0991. The van der Waals surface area contributed by atoms with Crippen molar-refractivity contribution in [2.24, 2.45) is 0 Å². The van der Waals surface area contributed by atoms with Crippen LogP contribution in [0.4, 0.5) is 5.69 Å². The molecule has 2 bridgehead atoms. The second-order valence-corrected chi connectivity index (χ2v) is 5.09. The summed E-state index contributed by atoms with van der Waals surface area (Å²) in [4.78, 5) is 6.96. The van der Waals surface area contributed by atoms with Crippen LogP contribution in [-0.4, -0.2) is 30.3 Å². The molecule has 2 saturated heterocycles. The molecule has 3 heteroatoms. The highest BCUT2D eigenvalue weighted by molar-refractivity contribution is 5.48. The van der Waals surface area contributed by atoms with Crippen LogP contribution in [0.25, 0.3) is 0 Å². The standard InChI is InChI=1S/C13H18N2O/c1-9(2)13-4-3-10(6-14-13)15-7-12-5-11(15)8-16-12/h3-4,6,9,11-12H,5,7-8H2,1-2H3. The van der Waals surface area contributed by atoms with Gasteiger partial charge in [0.1, 0.15) is 0 Å². The molecule has 0 spiro atoms. The summed E-state index contributed by atoms with van der Waals surface area (Å²) in [6.45, 7) is 6.27. The zero-order valence-corrected chi connectivity index (χ0v) is 9.89. The predicted molar refractivity (Wildman–Crippen MR) is 63.8 cm³/mol. The molecule has 2 atom stereocenters. The van der Waals surface area contributed by atoms with E-state index in [2.05, 4.69) is 35.9 Å². The van der Waals surface area contributed by atoms with Crippen molar-refractivity contribution >= 4 is 5.69 Å². The minimum absolute atomic E-state index is 0.453. The fraction of sp³-hybridized carbons (Fsp3) is 0.615. The fourth-order valence-corrected chi connectivity index (χ4v) is 2.62. The van der Waals surface area contributed by atoms with Crippen molar-refractivity contribution in [1.29, 1.82) is 0 Å². The third-order valence-corrected chi connectivity index (χ3v) is 3.59. The Bertz CT molecular complexity index is 374. The Kier molecular flexibility index (Phi) is 2.36. The number of morpholine rings is 1. The van der Waals surface area contributed by atoms with Gasteiger partial charge < -0.3 is 9.64 Å². The van der Waals surface area contributed by atoms with Crippen molar-refractivity contribution in [1.82, 2.24) is 4.98 Å². The third-order valence-electron chi connectivity index (χ3n) is 3.59. The minimum atomic E-state index is 0.453. The van der Waals surface area contributed by atoms with E-state index in [-0.39, 0.29) is 0 Å². The van der Waals surface area contributed by atoms with E-state index in [0.717, 1.165) is 13.2 Å². The highest BCUT2D eigenvalue weighted by Crippen LogP contribution is 2.32. The third kappa shape index (κ3) is 1.59. The van der Waals surface area contributed by atoms with Gasteiger partial charge in [-0.25, -0.2) is 0 Å². The number of aromatic nitrogens is 1. The zero-order chi connectivity index (χ0) is 11.1.